The predicted octanol–water partition coefficient (Wildman–Crippen LogP) is 0.519. The Labute approximate surface area is 97.1 Å². The van der Waals surface area contributed by atoms with E-state index in [2.05, 4.69) is 20.3 Å². The van der Waals surface area contributed by atoms with Crippen molar-refractivity contribution >= 4 is 17.0 Å². The molecule has 1 atom stereocenters. The van der Waals surface area contributed by atoms with Crippen LogP contribution in [0, 0.1) is 0 Å². The van der Waals surface area contributed by atoms with Gasteiger partial charge in [-0.15, -0.1) is 0 Å². The summed E-state index contributed by atoms with van der Waals surface area (Å²) in [6, 6.07) is 3.42. The van der Waals surface area contributed by atoms with Crippen molar-refractivity contribution in [1.82, 2.24) is 15.0 Å². The van der Waals surface area contributed by atoms with E-state index >= 15 is 0 Å². The van der Waals surface area contributed by atoms with Crippen LogP contribution in [0.2, 0.25) is 0 Å². The molecule has 3 rings (SSSR count). The molecule has 2 N–H and O–H groups in total. The number of hydrogen-bond donors (Lipinski definition) is 2. The number of fused-ring (bicyclic) bond motifs is 1. The van der Waals surface area contributed by atoms with Crippen LogP contribution in [0.5, 0.6) is 0 Å². The first-order valence-corrected chi connectivity index (χ1v) is 5.52. The van der Waals surface area contributed by atoms with E-state index in [0.717, 1.165) is 18.4 Å². The Balaban J connectivity index is 1.92. The summed E-state index contributed by atoms with van der Waals surface area (Å²) in [6.07, 6.45) is 2.64. The molecule has 6 heteroatoms. The summed E-state index contributed by atoms with van der Waals surface area (Å²) in [5.41, 5.74) is 0.389. The molecule has 0 aromatic carbocycles. The Bertz CT molecular complexity index is 589. The number of nitrogens with one attached hydrogen (secondary N) is 2. The monoisotopic (exact) mass is 232 g/mol. The molecule has 0 amide bonds. The van der Waals surface area contributed by atoms with Crippen molar-refractivity contribution in [2.75, 3.05) is 18.5 Å². The van der Waals surface area contributed by atoms with E-state index in [1.54, 1.807) is 12.3 Å². The smallest absolute Gasteiger partial charge is 0.249 e. The maximum Gasteiger partial charge on any atom is 0.249 e. The standard InChI is InChI=1S/C11H12N4O2/c16-9-2-1-7-5-12-11(15-10(7)14-9)13-8-3-4-17-6-8/h1-2,5,8H,3-4,6H2,(H2,12,13,14,15,16). The lowest BCUT2D eigenvalue weighted by molar-refractivity contribution is 0.195. The van der Waals surface area contributed by atoms with Gasteiger partial charge in [0.25, 0.3) is 0 Å². The molecule has 88 valence electrons. The van der Waals surface area contributed by atoms with E-state index in [0.29, 0.717) is 18.2 Å². The third-order valence-corrected chi connectivity index (χ3v) is 2.74. The van der Waals surface area contributed by atoms with Crippen molar-refractivity contribution in [3.8, 4) is 0 Å². The van der Waals surface area contributed by atoms with Crippen molar-refractivity contribution in [2.45, 2.75) is 12.5 Å². The number of H-pyrrole nitrogens is 1. The van der Waals surface area contributed by atoms with E-state index < -0.39 is 0 Å². The van der Waals surface area contributed by atoms with Gasteiger partial charge in [-0.05, 0) is 12.5 Å². The summed E-state index contributed by atoms with van der Waals surface area (Å²) in [5.74, 6) is 0.523. The molecule has 1 unspecified atom stereocenters. The molecule has 0 radical (unpaired) electrons. The zero-order valence-corrected chi connectivity index (χ0v) is 9.14. The van der Waals surface area contributed by atoms with Gasteiger partial charge in [0.1, 0.15) is 5.65 Å². The van der Waals surface area contributed by atoms with Gasteiger partial charge < -0.3 is 15.0 Å². The highest BCUT2D eigenvalue weighted by molar-refractivity contribution is 5.74. The lowest BCUT2D eigenvalue weighted by atomic mass is 10.3. The first kappa shape index (κ1) is 10.2. The zero-order valence-electron chi connectivity index (χ0n) is 9.14. The van der Waals surface area contributed by atoms with Gasteiger partial charge in [-0.25, -0.2) is 4.98 Å². The van der Waals surface area contributed by atoms with Gasteiger partial charge in [-0.2, -0.15) is 4.98 Å². The number of hydrogen-bond acceptors (Lipinski definition) is 5. The van der Waals surface area contributed by atoms with E-state index in [-0.39, 0.29) is 11.6 Å². The van der Waals surface area contributed by atoms with Crippen molar-refractivity contribution in [1.29, 1.82) is 0 Å². The Hall–Kier alpha value is -1.95. The molecule has 17 heavy (non-hydrogen) atoms. The zero-order chi connectivity index (χ0) is 11.7. The lowest BCUT2D eigenvalue weighted by Crippen LogP contribution is -2.20. The van der Waals surface area contributed by atoms with Crippen LogP contribution in [0.3, 0.4) is 0 Å². The molecule has 0 spiro atoms. The first-order chi connectivity index (χ1) is 8.31. The van der Waals surface area contributed by atoms with Crippen molar-refractivity contribution < 1.29 is 4.74 Å². The van der Waals surface area contributed by atoms with Crippen LogP contribution in [0.25, 0.3) is 11.0 Å². The number of rotatable bonds is 2. The van der Waals surface area contributed by atoms with Crippen LogP contribution < -0.4 is 10.9 Å². The highest BCUT2D eigenvalue weighted by Crippen LogP contribution is 2.12. The van der Waals surface area contributed by atoms with Gasteiger partial charge in [0.2, 0.25) is 11.5 Å². The Kier molecular flexibility index (Phi) is 2.49. The van der Waals surface area contributed by atoms with Gasteiger partial charge in [-0.1, -0.05) is 0 Å². The van der Waals surface area contributed by atoms with Gasteiger partial charge >= 0.3 is 0 Å². The van der Waals surface area contributed by atoms with Gasteiger partial charge in [0, 0.05) is 24.3 Å². The van der Waals surface area contributed by atoms with E-state index in [1.807, 2.05) is 0 Å². The maximum atomic E-state index is 11.2. The van der Waals surface area contributed by atoms with Crippen LogP contribution in [0.15, 0.2) is 23.1 Å². The largest absolute Gasteiger partial charge is 0.379 e. The van der Waals surface area contributed by atoms with E-state index in [9.17, 15) is 4.79 Å². The van der Waals surface area contributed by atoms with E-state index in [4.69, 9.17) is 4.74 Å². The van der Waals surface area contributed by atoms with Gasteiger partial charge in [-0.3, -0.25) is 4.79 Å². The molecule has 6 nitrogen and oxygen atoms in total. The topological polar surface area (TPSA) is 79.9 Å². The molecular weight excluding hydrogens is 220 g/mol. The van der Waals surface area contributed by atoms with Crippen molar-refractivity contribution in [3.63, 3.8) is 0 Å². The summed E-state index contributed by atoms with van der Waals surface area (Å²) in [7, 11) is 0. The van der Waals surface area contributed by atoms with Crippen LogP contribution >= 0.6 is 0 Å². The Morgan fingerprint density at radius 1 is 1.47 bits per heavy atom. The Morgan fingerprint density at radius 3 is 3.24 bits per heavy atom. The fourth-order valence-electron chi connectivity index (χ4n) is 1.84. The minimum atomic E-state index is -0.161. The average molecular weight is 232 g/mol. The molecule has 0 saturated carbocycles. The second-order valence-electron chi connectivity index (χ2n) is 4.02. The summed E-state index contributed by atoms with van der Waals surface area (Å²) in [5, 5.41) is 4.00. The predicted molar refractivity (Wildman–Crippen MR) is 63.0 cm³/mol. The van der Waals surface area contributed by atoms with Crippen LogP contribution in [-0.4, -0.2) is 34.2 Å². The second kappa shape index (κ2) is 4.14. The number of anilines is 1. The molecule has 2 aromatic heterocycles. The quantitative estimate of drug-likeness (QED) is 0.789. The molecule has 1 aliphatic rings. The highest BCUT2D eigenvalue weighted by Gasteiger charge is 2.16. The van der Waals surface area contributed by atoms with Crippen molar-refractivity contribution in [3.05, 3.63) is 28.7 Å². The van der Waals surface area contributed by atoms with Crippen LogP contribution in [0.1, 0.15) is 6.42 Å². The molecular formula is C11H12N4O2. The van der Waals surface area contributed by atoms with Crippen LogP contribution in [0.4, 0.5) is 5.95 Å². The summed E-state index contributed by atoms with van der Waals surface area (Å²) < 4.78 is 5.26. The molecule has 1 saturated heterocycles. The number of pyridine rings is 1. The number of nitrogens with zero attached hydrogens (tertiary/aromatic N) is 2. The molecule has 1 fully saturated rings. The Morgan fingerprint density at radius 2 is 2.41 bits per heavy atom. The fraction of sp³-hybridized carbons (Fsp3) is 0.364. The SMILES string of the molecule is O=c1ccc2cnc(NC3CCOC3)nc2[nH]1. The third kappa shape index (κ3) is 2.12. The minimum Gasteiger partial charge on any atom is -0.379 e. The highest BCUT2D eigenvalue weighted by atomic mass is 16.5. The summed E-state index contributed by atoms with van der Waals surface area (Å²) >= 11 is 0. The molecule has 1 aliphatic heterocycles. The number of ether oxygens (including phenoxy) is 1. The molecule has 0 bridgehead atoms. The molecule has 0 aliphatic carbocycles. The van der Waals surface area contributed by atoms with Gasteiger partial charge in [0.05, 0.1) is 12.6 Å². The third-order valence-electron chi connectivity index (χ3n) is 2.74. The number of aromatic amines is 1. The molecule has 3 heterocycles. The maximum absolute atomic E-state index is 11.2. The second-order valence-corrected chi connectivity index (χ2v) is 4.02. The lowest BCUT2D eigenvalue weighted by Gasteiger charge is -2.10. The fourth-order valence-corrected chi connectivity index (χ4v) is 1.84. The van der Waals surface area contributed by atoms with Crippen molar-refractivity contribution in [2.24, 2.45) is 0 Å². The average Bonchev–Trinajstić information content (AvgIpc) is 2.81. The van der Waals surface area contributed by atoms with Crippen LogP contribution in [-0.2, 0) is 4.74 Å². The number of aromatic nitrogens is 3. The molecule has 2 aromatic rings. The van der Waals surface area contributed by atoms with E-state index in [1.165, 1.54) is 6.07 Å². The summed E-state index contributed by atoms with van der Waals surface area (Å²) in [4.78, 5) is 22.3. The normalized spacial score (nSPS) is 19.6. The minimum absolute atomic E-state index is 0.161. The summed E-state index contributed by atoms with van der Waals surface area (Å²) in [6.45, 7) is 1.44. The first-order valence-electron chi connectivity index (χ1n) is 5.52. The van der Waals surface area contributed by atoms with Gasteiger partial charge in [0.15, 0.2) is 0 Å².